The van der Waals surface area contributed by atoms with Crippen LogP contribution in [-0.2, 0) is 4.79 Å². The van der Waals surface area contributed by atoms with Crippen molar-refractivity contribution in [2.24, 2.45) is 11.8 Å². The molecule has 1 saturated carbocycles. The Hall–Kier alpha value is -0.710. The predicted molar refractivity (Wildman–Crippen MR) is 49.8 cm³/mol. The van der Waals surface area contributed by atoms with Gasteiger partial charge in [0.1, 0.15) is 6.04 Å². The molecule has 1 N–H and O–H groups in total. The Morgan fingerprint density at radius 2 is 2.20 bits per heavy atom. The number of hydrogen-bond acceptors (Lipinski definition) is 2. The lowest BCUT2D eigenvalue weighted by atomic mass is 9.99. The summed E-state index contributed by atoms with van der Waals surface area (Å²) >= 11 is 0. The van der Waals surface area contributed by atoms with Gasteiger partial charge in [0, 0.05) is 25.4 Å². The van der Waals surface area contributed by atoms with Gasteiger partial charge in [-0.25, -0.2) is 8.78 Å². The molecule has 0 amide bonds. The first-order valence-corrected chi connectivity index (χ1v) is 5.26. The van der Waals surface area contributed by atoms with Crippen LogP contribution >= 0.6 is 0 Å². The zero-order valence-corrected chi connectivity index (χ0v) is 8.62. The van der Waals surface area contributed by atoms with Crippen molar-refractivity contribution in [1.29, 1.82) is 0 Å². The van der Waals surface area contributed by atoms with Crippen LogP contribution in [0.5, 0.6) is 0 Å². The Kier molecular flexibility index (Phi) is 2.45. The molecule has 1 aliphatic heterocycles. The van der Waals surface area contributed by atoms with Gasteiger partial charge in [-0.2, -0.15) is 0 Å². The smallest absolute Gasteiger partial charge is 0.320 e. The van der Waals surface area contributed by atoms with E-state index in [-0.39, 0.29) is 18.9 Å². The van der Waals surface area contributed by atoms with E-state index in [9.17, 15) is 13.6 Å². The SMILES string of the molecule is C[C@H](C(=O)O)N1C[C@@H]2CCC(F)(F)[C@@H]2C1. The molecule has 86 valence electrons. The molecule has 0 aromatic carbocycles. The van der Waals surface area contributed by atoms with Crippen molar-refractivity contribution in [1.82, 2.24) is 4.90 Å². The molecule has 1 heterocycles. The third-order valence-electron chi connectivity index (χ3n) is 3.77. The number of nitrogens with zero attached hydrogens (tertiary/aromatic N) is 1. The van der Waals surface area contributed by atoms with Crippen molar-refractivity contribution in [3.05, 3.63) is 0 Å². The monoisotopic (exact) mass is 219 g/mol. The predicted octanol–water partition coefficient (Wildman–Crippen LogP) is 1.44. The van der Waals surface area contributed by atoms with Crippen molar-refractivity contribution in [3.8, 4) is 0 Å². The minimum absolute atomic E-state index is 0.0122. The van der Waals surface area contributed by atoms with E-state index >= 15 is 0 Å². The zero-order chi connectivity index (χ0) is 11.2. The molecule has 0 spiro atoms. The molecule has 2 aliphatic rings. The Morgan fingerprint density at radius 1 is 1.53 bits per heavy atom. The molecular weight excluding hydrogens is 204 g/mol. The van der Waals surface area contributed by atoms with E-state index in [0.717, 1.165) is 0 Å². The van der Waals surface area contributed by atoms with Gasteiger partial charge in [-0.15, -0.1) is 0 Å². The minimum atomic E-state index is -2.59. The van der Waals surface area contributed by atoms with Gasteiger partial charge in [0.05, 0.1) is 0 Å². The maximum Gasteiger partial charge on any atom is 0.320 e. The van der Waals surface area contributed by atoms with Gasteiger partial charge >= 0.3 is 5.97 Å². The van der Waals surface area contributed by atoms with Gasteiger partial charge < -0.3 is 5.11 Å². The number of aliphatic carboxylic acids is 1. The van der Waals surface area contributed by atoms with Crippen LogP contribution in [0.4, 0.5) is 8.78 Å². The third kappa shape index (κ3) is 1.73. The fraction of sp³-hybridized carbons (Fsp3) is 0.900. The number of likely N-dealkylation sites (tertiary alicyclic amines) is 1. The fourth-order valence-corrected chi connectivity index (χ4v) is 2.71. The number of carbonyl (C=O) groups is 1. The van der Waals surface area contributed by atoms with E-state index in [2.05, 4.69) is 0 Å². The van der Waals surface area contributed by atoms with E-state index in [4.69, 9.17) is 5.11 Å². The molecule has 3 atom stereocenters. The lowest BCUT2D eigenvalue weighted by molar-refractivity contribution is -0.142. The highest BCUT2D eigenvalue weighted by Crippen LogP contribution is 2.48. The largest absolute Gasteiger partial charge is 0.480 e. The highest BCUT2D eigenvalue weighted by atomic mass is 19.3. The van der Waals surface area contributed by atoms with Crippen molar-refractivity contribution in [2.45, 2.75) is 31.7 Å². The Bertz CT molecular complexity index is 283. The average molecular weight is 219 g/mol. The van der Waals surface area contributed by atoms with Crippen LogP contribution in [-0.4, -0.2) is 41.0 Å². The quantitative estimate of drug-likeness (QED) is 0.764. The minimum Gasteiger partial charge on any atom is -0.480 e. The molecule has 0 radical (unpaired) electrons. The normalized spacial score (nSPS) is 36.5. The van der Waals surface area contributed by atoms with Gasteiger partial charge in [-0.3, -0.25) is 9.69 Å². The van der Waals surface area contributed by atoms with Gasteiger partial charge in [0.2, 0.25) is 0 Å². The first kappa shape index (κ1) is 10.8. The van der Waals surface area contributed by atoms with Gasteiger partial charge in [0.25, 0.3) is 5.92 Å². The highest BCUT2D eigenvalue weighted by molar-refractivity contribution is 5.72. The maximum absolute atomic E-state index is 13.4. The summed E-state index contributed by atoms with van der Waals surface area (Å²) in [7, 11) is 0. The molecule has 2 fully saturated rings. The maximum atomic E-state index is 13.4. The molecule has 0 aromatic rings. The molecule has 0 bridgehead atoms. The second-order valence-electron chi connectivity index (χ2n) is 4.63. The summed E-state index contributed by atoms with van der Waals surface area (Å²) in [6.07, 6.45) is 0.498. The van der Waals surface area contributed by atoms with Crippen molar-refractivity contribution in [2.75, 3.05) is 13.1 Å². The fourth-order valence-electron chi connectivity index (χ4n) is 2.71. The van der Waals surface area contributed by atoms with Crippen LogP contribution in [0.1, 0.15) is 19.8 Å². The summed E-state index contributed by atoms with van der Waals surface area (Å²) in [6.45, 7) is 2.29. The number of alkyl halides is 2. The molecule has 3 nitrogen and oxygen atoms in total. The standard InChI is InChI=1S/C10H15F2NO2/c1-6(9(14)15)13-4-7-2-3-10(11,12)8(7)5-13/h6-8H,2-5H2,1H3,(H,14,15)/t6-,7+,8-/m1/s1. The molecule has 0 unspecified atom stereocenters. The van der Waals surface area contributed by atoms with Crippen LogP contribution in [0.2, 0.25) is 0 Å². The van der Waals surface area contributed by atoms with E-state index in [1.807, 2.05) is 0 Å². The lowest BCUT2D eigenvalue weighted by Crippen LogP contribution is -2.39. The average Bonchev–Trinajstić information content (AvgIpc) is 2.66. The molecule has 1 aliphatic carbocycles. The van der Waals surface area contributed by atoms with Crippen LogP contribution in [0, 0.1) is 11.8 Å². The van der Waals surface area contributed by atoms with Crippen LogP contribution in [0.25, 0.3) is 0 Å². The Labute approximate surface area is 87.1 Å². The number of rotatable bonds is 2. The number of carboxylic acid groups (broad SMARTS) is 1. The lowest BCUT2D eigenvalue weighted by Gasteiger charge is -2.23. The molecular formula is C10H15F2NO2. The molecule has 2 rings (SSSR count). The topological polar surface area (TPSA) is 40.5 Å². The van der Waals surface area contributed by atoms with Crippen LogP contribution in [0.15, 0.2) is 0 Å². The second-order valence-corrected chi connectivity index (χ2v) is 4.63. The van der Waals surface area contributed by atoms with E-state index in [1.165, 1.54) is 0 Å². The third-order valence-corrected chi connectivity index (χ3v) is 3.77. The van der Waals surface area contributed by atoms with E-state index in [0.29, 0.717) is 13.0 Å². The summed E-state index contributed by atoms with van der Waals surface area (Å²) < 4.78 is 26.7. The van der Waals surface area contributed by atoms with Gasteiger partial charge in [-0.1, -0.05) is 0 Å². The number of hydrogen-bond donors (Lipinski definition) is 1. The van der Waals surface area contributed by atoms with Crippen LogP contribution < -0.4 is 0 Å². The number of halogens is 2. The summed E-state index contributed by atoms with van der Waals surface area (Å²) in [5, 5.41) is 8.81. The molecule has 1 saturated heterocycles. The summed E-state index contributed by atoms with van der Waals surface area (Å²) in [5.41, 5.74) is 0. The second kappa shape index (κ2) is 3.40. The Balaban J connectivity index is 2.04. The van der Waals surface area contributed by atoms with Crippen molar-refractivity contribution < 1.29 is 18.7 Å². The first-order valence-electron chi connectivity index (χ1n) is 5.26. The first-order chi connectivity index (χ1) is 6.92. The summed E-state index contributed by atoms with van der Waals surface area (Å²) in [6, 6.07) is -0.647. The number of fused-ring (bicyclic) bond motifs is 1. The molecule has 15 heavy (non-hydrogen) atoms. The van der Waals surface area contributed by atoms with E-state index in [1.54, 1.807) is 11.8 Å². The zero-order valence-electron chi connectivity index (χ0n) is 8.62. The van der Waals surface area contributed by atoms with Crippen molar-refractivity contribution in [3.63, 3.8) is 0 Å². The van der Waals surface area contributed by atoms with Gasteiger partial charge in [-0.05, 0) is 19.3 Å². The Morgan fingerprint density at radius 3 is 2.73 bits per heavy atom. The van der Waals surface area contributed by atoms with E-state index < -0.39 is 23.9 Å². The summed E-state index contributed by atoms with van der Waals surface area (Å²) in [4.78, 5) is 12.4. The van der Waals surface area contributed by atoms with Crippen LogP contribution in [0.3, 0.4) is 0 Å². The number of carboxylic acids is 1. The molecule has 5 heteroatoms. The summed E-state index contributed by atoms with van der Waals surface area (Å²) in [5.74, 6) is -4.16. The van der Waals surface area contributed by atoms with Gasteiger partial charge in [0.15, 0.2) is 0 Å². The van der Waals surface area contributed by atoms with Crippen molar-refractivity contribution >= 4 is 5.97 Å². The highest BCUT2D eigenvalue weighted by Gasteiger charge is 2.54. The molecule has 0 aromatic heterocycles.